The number of halogens is 1. The lowest BCUT2D eigenvalue weighted by Crippen LogP contribution is -2.29. The highest BCUT2D eigenvalue weighted by atomic mass is 19.1. The number of hydrogen-bond acceptors (Lipinski definition) is 1. The van der Waals surface area contributed by atoms with E-state index < -0.39 is 6.17 Å². The Morgan fingerprint density at radius 2 is 1.78 bits per heavy atom. The van der Waals surface area contributed by atoms with Crippen molar-refractivity contribution in [3.8, 4) is 0 Å². The van der Waals surface area contributed by atoms with E-state index in [2.05, 4.69) is 0 Å². The fourth-order valence-electron chi connectivity index (χ4n) is 1.29. The summed E-state index contributed by atoms with van der Waals surface area (Å²) in [4.78, 5) is 0. The monoisotopic (exact) mass is 131 g/mol. The van der Waals surface area contributed by atoms with E-state index in [0.29, 0.717) is 6.42 Å². The van der Waals surface area contributed by atoms with Crippen LogP contribution in [0.2, 0.25) is 0 Å². The summed E-state index contributed by atoms with van der Waals surface area (Å²) in [5.41, 5.74) is 5.50. The smallest absolute Gasteiger partial charge is 0.115 e. The molecule has 1 aliphatic carbocycles. The van der Waals surface area contributed by atoms with Gasteiger partial charge in [-0.1, -0.05) is 19.3 Å². The SMILES string of the molecule is NC1CCCCCC1F. The van der Waals surface area contributed by atoms with Crippen molar-refractivity contribution in [3.63, 3.8) is 0 Å². The van der Waals surface area contributed by atoms with Crippen molar-refractivity contribution < 1.29 is 4.39 Å². The lowest BCUT2D eigenvalue weighted by Gasteiger charge is -2.10. The predicted molar refractivity (Wildman–Crippen MR) is 36.0 cm³/mol. The summed E-state index contributed by atoms with van der Waals surface area (Å²) in [6.07, 6.45) is 4.12. The van der Waals surface area contributed by atoms with Crippen molar-refractivity contribution in [1.29, 1.82) is 0 Å². The molecule has 2 heteroatoms. The fourth-order valence-corrected chi connectivity index (χ4v) is 1.29. The minimum absolute atomic E-state index is 0.174. The van der Waals surface area contributed by atoms with Gasteiger partial charge in [-0.3, -0.25) is 0 Å². The predicted octanol–water partition coefficient (Wildman–Crippen LogP) is 1.62. The Morgan fingerprint density at radius 1 is 1.11 bits per heavy atom. The first-order valence-electron chi connectivity index (χ1n) is 3.70. The Morgan fingerprint density at radius 3 is 2.56 bits per heavy atom. The van der Waals surface area contributed by atoms with Gasteiger partial charge in [-0.15, -0.1) is 0 Å². The average Bonchev–Trinajstić information content (AvgIpc) is 1.99. The van der Waals surface area contributed by atoms with E-state index in [4.69, 9.17) is 5.73 Å². The van der Waals surface area contributed by atoms with E-state index in [1.54, 1.807) is 0 Å². The van der Waals surface area contributed by atoms with Gasteiger partial charge in [0.15, 0.2) is 0 Å². The van der Waals surface area contributed by atoms with Gasteiger partial charge in [0.05, 0.1) is 0 Å². The van der Waals surface area contributed by atoms with Gasteiger partial charge in [0.2, 0.25) is 0 Å². The Bertz CT molecular complexity index is 75.0. The molecule has 0 aliphatic heterocycles. The Balaban J connectivity index is 2.32. The standard InChI is InChI=1S/C7H14FN/c8-6-4-2-1-3-5-7(6)9/h6-7H,1-5,9H2. The van der Waals surface area contributed by atoms with Crippen LogP contribution < -0.4 is 5.73 Å². The summed E-state index contributed by atoms with van der Waals surface area (Å²) >= 11 is 0. The molecular weight excluding hydrogens is 117 g/mol. The molecule has 1 rings (SSSR count). The molecule has 1 saturated carbocycles. The maximum atomic E-state index is 12.7. The summed E-state index contributed by atoms with van der Waals surface area (Å²) in [6, 6.07) is -0.174. The maximum absolute atomic E-state index is 12.7. The molecule has 0 heterocycles. The molecule has 0 radical (unpaired) electrons. The highest BCUT2D eigenvalue weighted by molar-refractivity contribution is 4.75. The quantitative estimate of drug-likeness (QED) is 0.497. The van der Waals surface area contributed by atoms with Crippen molar-refractivity contribution in [2.75, 3.05) is 0 Å². The summed E-state index contributed by atoms with van der Waals surface area (Å²) in [5.74, 6) is 0. The first-order chi connectivity index (χ1) is 4.30. The molecule has 0 aromatic rings. The first-order valence-corrected chi connectivity index (χ1v) is 3.70. The molecule has 1 aliphatic rings. The number of hydrogen-bond donors (Lipinski definition) is 1. The van der Waals surface area contributed by atoms with Gasteiger partial charge in [-0.05, 0) is 12.8 Å². The van der Waals surface area contributed by atoms with Crippen LogP contribution in [0.4, 0.5) is 4.39 Å². The number of rotatable bonds is 0. The number of alkyl halides is 1. The Kier molecular flexibility index (Phi) is 2.46. The molecule has 1 fully saturated rings. The molecule has 0 aromatic carbocycles. The zero-order valence-electron chi connectivity index (χ0n) is 5.65. The average molecular weight is 131 g/mol. The van der Waals surface area contributed by atoms with Crippen LogP contribution in [0.5, 0.6) is 0 Å². The van der Waals surface area contributed by atoms with Gasteiger partial charge >= 0.3 is 0 Å². The third-order valence-electron chi connectivity index (χ3n) is 1.98. The molecule has 1 nitrogen and oxygen atoms in total. The van der Waals surface area contributed by atoms with Crippen LogP contribution in [0.1, 0.15) is 32.1 Å². The van der Waals surface area contributed by atoms with Crippen LogP contribution in [0.15, 0.2) is 0 Å². The zero-order chi connectivity index (χ0) is 6.69. The summed E-state index contributed by atoms with van der Waals surface area (Å²) in [6.45, 7) is 0. The van der Waals surface area contributed by atoms with Crippen LogP contribution in [0.25, 0.3) is 0 Å². The molecule has 2 N–H and O–H groups in total. The Labute approximate surface area is 55.4 Å². The van der Waals surface area contributed by atoms with Crippen molar-refractivity contribution in [3.05, 3.63) is 0 Å². The first kappa shape index (κ1) is 7.00. The van der Waals surface area contributed by atoms with Gasteiger partial charge in [0.25, 0.3) is 0 Å². The van der Waals surface area contributed by atoms with Crippen molar-refractivity contribution in [2.24, 2.45) is 5.73 Å². The number of nitrogens with two attached hydrogens (primary N) is 1. The molecule has 9 heavy (non-hydrogen) atoms. The van der Waals surface area contributed by atoms with E-state index in [-0.39, 0.29) is 6.04 Å². The largest absolute Gasteiger partial charge is 0.325 e. The van der Waals surface area contributed by atoms with Crippen LogP contribution in [0.3, 0.4) is 0 Å². The lowest BCUT2D eigenvalue weighted by molar-refractivity contribution is 0.268. The third kappa shape index (κ3) is 1.94. The van der Waals surface area contributed by atoms with E-state index in [0.717, 1.165) is 25.7 Å². The van der Waals surface area contributed by atoms with Gasteiger partial charge in [-0.25, -0.2) is 4.39 Å². The van der Waals surface area contributed by atoms with Gasteiger partial charge in [-0.2, -0.15) is 0 Å². The van der Waals surface area contributed by atoms with E-state index >= 15 is 0 Å². The molecule has 2 unspecified atom stereocenters. The zero-order valence-corrected chi connectivity index (χ0v) is 5.65. The molecule has 0 saturated heterocycles. The fraction of sp³-hybridized carbons (Fsp3) is 1.00. The highest BCUT2D eigenvalue weighted by Gasteiger charge is 2.18. The van der Waals surface area contributed by atoms with Crippen LogP contribution >= 0.6 is 0 Å². The summed E-state index contributed by atoms with van der Waals surface area (Å²) in [7, 11) is 0. The lowest BCUT2D eigenvalue weighted by atomic mass is 10.1. The van der Waals surface area contributed by atoms with E-state index in [9.17, 15) is 4.39 Å². The molecular formula is C7H14FN. The Hall–Kier alpha value is -0.110. The van der Waals surface area contributed by atoms with Gasteiger partial charge < -0.3 is 5.73 Å². The molecule has 0 spiro atoms. The van der Waals surface area contributed by atoms with Crippen molar-refractivity contribution in [2.45, 2.75) is 44.3 Å². The maximum Gasteiger partial charge on any atom is 0.115 e. The molecule has 2 atom stereocenters. The molecule has 0 aromatic heterocycles. The minimum Gasteiger partial charge on any atom is -0.325 e. The summed E-state index contributed by atoms with van der Waals surface area (Å²) < 4.78 is 12.7. The van der Waals surface area contributed by atoms with Crippen LogP contribution in [0, 0.1) is 0 Å². The molecule has 0 amide bonds. The second kappa shape index (κ2) is 3.16. The molecule has 0 bridgehead atoms. The van der Waals surface area contributed by atoms with E-state index in [1.165, 1.54) is 0 Å². The summed E-state index contributed by atoms with van der Waals surface area (Å²) in [5, 5.41) is 0. The normalized spacial score (nSPS) is 38.0. The molecule has 54 valence electrons. The second-order valence-corrected chi connectivity index (χ2v) is 2.82. The van der Waals surface area contributed by atoms with Crippen LogP contribution in [-0.2, 0) is 0 Å². The highest BCUT2D eigenvalue weighted by Crippen LogP contribution is 2.18. The van der Waals surface area contributed by atoms with Crippen molar-refractivity contribution in [1.82, 2.24) is 0 Å². The van der Waals surface area contributed by atoms with E-state index in [1.807, 2.05) is 0 Å². The minimum atomic E-state index is -0.729. The van der Waals surface area contributed by atoms with Gasteiger partial charge in [0, 0.05) is 6.04 Å². The van der Waals surface area contributed by atoms with Crippen molar-refractivity contribution >= 4 is 0 Å². The topological polar surface area (TPSA) is 26.0 Å². The third-order valence-corrected chi connectivity index (χ3v) is 1.98. The van der Waals surface area contributed by atoms with Crippen LogP contribution in [-0.4, -0.2) is 12.2 Å². The second-order valence-electron chi connectivity index (χ2n) is 2.82. The van der Waals surface area contributed by atoms with Gasteiger partial charge in [0.1, 0.15) is 6.17 Å².